The van der Waals surface area contributed by atoms with Crippen LogP contribution in [0.4, 0.5) is 0 Å². The van der Waals surface area contributed by atoms with Gasteiger partial charge in [0.25, 0.3) is 0 Å². The van der Waals surface area contributed by atoms with Gasteiger partial charge in [-0.05, 0) is 68.7 Å². The monoisotopic (exact) mass is 424 g/mol. The normalized spacial score (nSPS) is 23.0. The molecule has 1 saturated carbocycles. The van der Waals surface area contributed by atoms with E-state index in [2.05, 4.69) is 53.5 Å². The zero-order chi connectivity index (χ0) is 20.6. The summed E-state index contributed by atoms with van der Waals surface area (Å²) in [6, 6.07) is 12.8. The minimum Gasteiger partial charge on any atom is -0.487 e. The molecule has 4 nitrogen and oxygen atoms in total. The molecule has 1 aliphatic carbocycles. The van der Waals surface area contributed by atoms with Crippen molar-refractivity contribution in [3.05, 3.63) is 51.7 Å². The number of thiophene rings is 1. The first kappa shape index (κ1) is 20.1. The summed E-state index contributed by atoms with van der Waals surface area (Å²) in [7, 11) is 0. The average molecular weight is 425 g/mol. The van der Waals surface area contributed by atoms with E-state index in [0.29, 0.717) is 6.42 Å². The average Bonchev–Trinajstić information content (AvgIpc) is 3.49. The number of likely N-dealkylation sites (tertiary alicyclic amines) is 1. The fourth-order valence-electron chi connectivity index (χ4n) is 5.02. The maximum Gasteiger partial charge on any atom is 0.220 e. The lowest BCUT2D eigenvalue weighted by atomic mass is 9.76. The second kappa shape index (κ2) is 8.35. The summed E-state index contributed by atoms with van der Waals surface area (Å²) in [6.07, 6.45) is 6.13. The summed E-state index contributed by atoms with van der Waals surface area (Å²) < 4.78 is 6.63. The molecule has 1 N–H and O–H groups in total. The van der Waals surface area contributed by atoms with E-state index in [1.807, 2.05) is 11.3 Å². The van der Waals surface area contributed by atoms with E-state index in [1.54, 1.807) is 0 Å². The maximum atomic E-state index is 12.6. The Labute approximate surface area is 183 Å². The zero-order valence-electron chi connectivity index (χ0n) is 17.9. The van der Waals surface area contributed by atoms with Crippen molar-refractivity contribution in [2.45, 2.75) is 63.5 Å². The van der Waals surface area contributed by atoms with Crippen molar-refractivity contribution >= 4 is 17.2 Å². The van der Waals surface area contributed by atoms with Crippen molar-refractivity contribution in [3.63, 3.8) is 0 Å². The molecule has 1 amide bonds. The van der Waals surface area contributed by atoms with Crippen LogP contribution in [0.2, 0.25) is 0 Å². The van der Waals surface area contributed by atoms with E-state index in [4.69, 9.17) is 4.74 Å². The van der Waals surface area contributed by atoms with E-state index in [0.717, 1.165) is 57.1 Å². The Morgan fingerprint density at radius 1 is 1.20 bits per heavy atom. The number of carbonyl (C=O) groups excluding carboxylic acids is 1. The molecule has 1 unspecified atom stereocenters. The van der Waals surface area contributed by atoms with Crippen LogP contribution in [0.3, 0.4) is 0 Å². The van der Waals surface area contributed by atoms with Gasteiger partial charge in [-0.1, -0.05) is 18.2 Å². The number of hydrogen-bond donors (Lipinski definition) is 1. The van der Waals surface area contributed by atoms with Crippen molar-refractivity contribution in [3.8, 4) is 5.75 Å². The van der Waals surface area contributed by atoms with Crippen molar-refractivity contribution < 1.29 is 9.53 Å². The predicted octanol–water partition coefficient (Wildman–Crippen LogP) is 4.87. The lowest BCUT2D eigenvalue weighted by Gasteiger charge is -2.47. The number of fused-ring (bicyclic) bond motifs is 1. The van der Waals surface area contributed by atoms with Crippen LogP contribution in [-0.2, 0) is 11.3 Å². The molecule has 0 bridgehead atoms. The van der Waals surface area contributed by atoms with Crippen molar-refractivity contribution in [2.24, 2.45) is 5.92 Å². The maximum absolute atomic E-state index is 12.6. The molecule has 2 aromatic rings. The SMILES string of the molecule is Cc1ccc(CN2CCC3(CC2)CC(CC(=O)NCC2CC2)c2ccccc2O3)s1. The Morgan fingerprint density at radius 3 is 2.73 bits per heavy atom. The van der Waals surface area contributed by atoms with Gasteiger partial charge in [0.2, 0.25) is 5.91 Å². The number of para-hydroxylation sites is 1. The first-order chi connectivity index (χ1) is 14.6. The van der Waals surface area contributed by atoms with Crippen LogP contribution < -0.4 is 10.1 Å². The lowest BCUT2D eigenvalue weighted by Crippen LogP contribution is -2.50. The number of carbonyl (C=O) groups is 1. The number of hydrogen-bond acceptors (Lipinski definition) is 4. The van der Waals surface area contributed by atoms with Crippen molar-refractivity contribution in [2.75, 3.05) is 19.6 Å². The van der Waals surface area contributed by atoms with Gasteiger partial charge in [-0.3, -0.25) is 9.69 Å². The minimum atomic E-state index is -0.127. The molecule has 30 heavy (non-hydrogen) atoms. The summed E-state index contributed by atoms with van der Waals surface area (Å²) in [5, 5.41) is 3.16. The molecule has 1 spiro atoms. The van der Waals surface area contributed by atoms with Crippen molar-refractivity contribution in [1.29, 1.82) is 0 Å². The molecule has 3 heterocycles. The number of aryl methyl sites for hydroxylation is 1. The second-order valence-electron chi connectivity index (χ2n) is 9.46. The Bertz CT molecular complexity index is 896. The lowest BCUT2D eigenvalue weighted by molar-refractivity contribution is -0.122. The highest BCUT2D eigenvalue weighted by atomic mass is 32.1. The van der Waals surface area contributed by atoms with Gasteiger partial charge >= 0.3 is 0 Å². The van der Waals surface area contributed by atoms with Crippen LogP contribution in [0.15, 0.2) is 36.4 Å². The van der Waals surface area contributed by atoms with Gasteiger partial charge in [0, 0.05) is 48.3 Å². The summed E-state index contributed by atoms with van der Waals surface area (Å²) >= 11 is 1.90. The number of nitrogens with zero attached hydrogens (tertiary/aromatic N) is 1. The number of benzene rings is 1. The molecule has 5 rings (SSSR count). The molecule has 2 fully saturated rings. The van der Waals surface area contributed by atoms with Crippen LogP contribution in [0.1, 0.15) is 59.8 Å². The van der Waals surface area contributed by atoms with Gasteiger partial charge in [0.15, 0.2) is 0 Å². The van der Waals surface area contributed by atoms with Gasteiger partial charge in [-0.2, -0.15) is 0 Å². The highest BCUT2D eigenvalue weighted by Gasteiger charge is 2.43. The highest BCUT2D eigenvalue weighted by molar-refractivity contribution is 7.11. The van der Waals surface area contributed by atoms with Crippen LogP contribution in [0.25, 0.3) is 0 Å². The fraction of sp³-hybridized carbons (Fsp3) is 0.560. The summed E-state index contributed by atoms with van der Waals surface area (Å²) in [5.74, 6) is 2.16. The molecule has 5 heteroatoms. The third-order valence-corrected chi connectivity index (χ3v) is 7.95. The molecule has 1 atom stereocenters. The van der Waals surface area contributed by atoms with Gasteiger partial charge < -0.3 is 10.1 Å². The number of piperidine rings is 1. The summed E-state index contributed by atoms with van der Waals surface area (Å²) in [5.41, 5.74) is 1.08. The number of nitrogens with one attached hydrogen (secondary N) is 1. The molecule has 1 aromatic carbocycles. The van der Waals surface area contributed by atoms with Gasteiger partial charge in [0.1, 0.15) is 11.4 Å². The molecule has 1 aromatic heterocycles. The van der Waals surface area contributed by atoms with Gasteiger partial charge in [-0.15, -0.1) is 11.3 Å². The van der Waals surface area contributed by atoms with E-state index in [-0.39, 0.29) is 17.4 Å². The van der Waals surface area contributed by atoms with Crippen LogP contribution in [0.5, 0.6) is 5.75 Å². The Balaban J connectivity index is 1.25. The topological polar surface area (TPSA) is 41.6 Å². The van der Waals surface area contributed by atoms with Crippen molar-refractivity contribution in [1.82, 2.24) is 10.2 Å². The predicted molar refractivity (Wildman–Crippen MR) is 121 cm³/mol. The third-order valence-electron chi connectivity index (χ3n) is 6.96. The Morgan fingerprint density at radius 2 is 2.00 bits per heavy atom. The Kier molecular flexibility index (Phi) is 5.59. The smallest absolute Gasteiger partial charge is 0.220 e. The standard InChI is InChI=1S/C25H32N2O2S/c1-18-6-9-21(30-18)17-27-12-10-25(11-13-27)15-20(14-24(28)26-16-19-7-8-19)22-4-2-3-5-23(22)29-25/h2-6,9,19-20H,7-8,10-17H2,1H3,(H,26,28). The number of amides is 1. The van der Waals surface area contributed by atoms with E-state index in [1.165, 1.54) is 28.2 Å². The molecular formula is C25H32N2O2S. The second-order valence-corrected chi connectivity index (χ2v) is 10.8. The molecule has 3 aliphatic rings. The van der Waals surface area contributed by atoms with E-state index in [9.17, 15) is 4.79 Å². The van der Waals surface area contributed by atoms with Crippen LogP contribution in [0, 0.1) is 12.8 Å². The number of rotatable bonds is 6. The first-order valence-corrected chi connectivity index (χ1v) is 12.2. The van der Waals surface area contributed by atoms with Crippen LogP contribution in [-0.4, -0.2) is 36.0 Å². The molecule has 1 saturated heterocycles. The van der Waals surface area contributed by atoms with E-state index < -0.39 is 0 Å². The largest absolute Gasteiger partial charge is 0.487 e. The molecule has 2 aliphatic heterocycles. The third kappa shape index (κ3) is 4.57. The first-order valence-electron chi connectivity index (χ1n) is 11.4. The quantitative estimate of drug-likeness (QED) is 0.719. The highest BCUT2D eigenvalue weighted by Crippen LogP contribution is 2.46. The van der Waals surface area contributed by atoms with Gasteiger partial charge in [0.05, 0.1) is 0 Å². The minimum absolute atomic E-state index is 0.127. The number of ether oxygens (including phenoxy) is 1. The molecule has 0 radical (unpaired) electrons. The summed E-state index contributed by atoms with van der Waals surface area (Å²) in [4.78, 5) is 18.0. The summed E-state index contributed by atoms with van der Waals surface area (Å²) in [6.45, 7) is 6.18. The van der Waals surface area contributed by atoms with Gasteiger partial charge in [-0.25, -0.2) is 0 Å². The van der Waals surface area contributed by atoms with E-state index >= 15 is 0 Å². The fourth-order valence-corrected chi connectivity index (χ4v) is 5.95. The Hall–Kier alpha value is -1.85. The molecular weight excluding hydrogens is 392 g/mol. The van der Waals surface area contributed by atoms with Crippen LogP contribution >= 0.6 is 11.3 Å². The molecule has 160 valence electrons. The zero-order valence-corrected chi connectivity index (χ0v) is 18.7.